The molecule has 0 aliphatic carbocycles. The first-order valence-electron chi connectivity index (χ1n) is 8.97. The molecule has 0 unspecified atom stereocenters. The Balaban J connectivity index is 1.55. The van der Waals surface area contributed by atoms with E-state index in [1.807, 2.05) is 36.4 Å². The van der Waals surface area contributed by atoms with Gasteiger partial charge in [0.15, 0.2) is 0 Å². The van der Waals surface area contributed by atoms with Crippen molar-refractivity contribution < 1.29 is 4.79 Å². The molecule has 0 spiro atoms. The highest BCUT2D eigenvalue weighted by Gasteiger charge is 2.17. The smallest absolute Gasteiger partial charge is 0.261 e. The van der Waals surface area contributed by atoms with E-state index < -0.39 is 0 Å². The fraction of sp³-hybridized carbons (Fsp3) is 0.143. The summed E-state index contributed by atoms with van der Waals surface area (Å²) in [7, 11) is 0. The Morgan fingerprint density at radius 1 is 1.07 bits per heavy atom. The Labute approximate surface area is 161 Å². The maximum absolute atomic E-state index is 12.7. The molecule has 2 N–H and O–H groups in total. The van der Waals surface area contributed by atoms with Gasteiger partial charge in [-0.3, -0.25) is 14.2 Å². The minimum Gasteiger partial charge on any atom is -0.349 e. The Morgan fingerprint density at radius 3 is 2.64 bits per heavy atom. The van der Waals surface area contributed by atoms with Crippen molar-refractivity contribution in [1.82, 2.24) is 24.8 Å². The molecule has 2 heterocycles. The van der Waals surface area contributed by atoms with Crippen LogP contribution < -0.4 is 10.9 Å². The fourth-order valence-electron chi connectivity index (χ4n) is 3.15. The van der Waals surface area contributed by atoms with Crippen LogP contribution in [0, 0.1) is 0 Å². The molecule has 0 saturated carbocycles. The number of hydrogen-bond donors (Lipinski definition) is 2. The van der Waals surface area contributed by atoms with E-state index in [0.717, 1.165) is 11.4 Å². The largest absolute Gasteiger partial charge is 0.349 e. The molecule has 2 aromatic carbocycles. The first-order valence-corrected chi connectivity index (χ1v) is 8.97. The summed E-state index contributed by atoms with van der Waals surface area (Å²) in [6.45, 7) is -0.0991. The number of aromatic amines is 1. The van der Waals surface area contributed by atoms with Crippen LogP contribution >= 0.6 is 0 Å². The molecule has 7 heteroatoms. The summed E-state index contributed by atoms with van der Waals surface area (Å²) in [5.41, 5.74) is 1.35. The summed E-state index contributed by atoms with van der Waals surface area (Å²) in [6.07, 6.45) is 5.36. The molecule has 2 aromatic heterocycles. The number of nitrogens with zero attached hydrogens (tertiary/aromatic N) is 3. The van der Waals surface area contributed by atoms with E-state index in [1.165, 1.54) is 10.9 Å². The molecular weight excluding hydrogens is 354 g/mol. The minimum absolute atomic E-state index is 0.0991. The van der Waals surface area contributed by atoms with Crippen molar-refractivity contribution in [2.75, 3.05) is 0 Å². The molecule has 4 aromatic rings. The summed E-state index contributed by atoms with van der Waals surface area (Å²) >= 11 is 0. The molecule has 0 fully saturated rings. The zero-order valence-corrected chi connectivity index (χ0v) is 15.1. The molecule has 4 rings (SSSR count). The topological polar surface area (TPSA) is 92.7 Å². The maximum atomic E-state index is 12.7. The number of fused-ring (bicyclic) bond motifs is 1. The third-order valence-electron chi connectivity index (χ3n) is 4.53. The van der Waals surface area contributed by atoms with Crippen LogP contribution in [0.1, 0.15) is 17.4 Å². The van der Waals surface area contributed by atoms with Crippen LogP contribution in [0.5, 0.6) is 0 Å². The third-order valence-corrected chi connectivity index (χ3v) is 4.53. The van der Waals surface area contributed by atoms with E-state index in [0.29, 0.717) is 17.3 Å². The van der Waals surface area contributed by atoms with Gasteiger partial charge in [0.05, 0.1) is 23.3 Å². The Hall–Kier alpha value is -3.74. The number of benzene rings is 2. The van der Waals surface area contributed by atoms with Crippen LogP contribution in [0.2, 0.25) is 0 Å². The zero-order valence-electron chi connectivity index (χ0n) is 15.1. The number of carbonyl (C=O) groups excluding carboxylic acids is 1. The second-order valence-corrected chi connectivity index (χ2v) is 6.47. The number of aromatic nitrogens is 4. The van der Waals surface area contributed by atoms with Gasteiger partial charge in [-0.25, -0.2) is 9.97 Å². The van der Waals surface area contributed by atoms with Gasteiger partial charge in [0, 0.05) is 18.8 Å². The first-order chi connectivity index (χ1) is 13.7. The lowest BCUT2D eigenvalue weighted by atomic mass is 10.0. The van der Waals surface area contributed by atoms with Crippen LogP contribution in [0.4, 0.5) is 0 Å². The number of hydrogen-bond acceptors (Lipinski definition) is 4. The lowest BCUT2D eigenvalue weighted by Gasteiger charge is -2.19. The van der Waals surface area contributed by atoms with E-state index in [-0.39, 0.29) is 24.1 Å². The van der Waals surface area contributed by atoms with Crippen molar-refractivity contribution in [2.24, 2.45) is 0 Å². The lowest BCUT2D eigenvalue weighted by Crippen LogP contribution is -2.35. The molecule has 0 aliphatic rings. The quantitative estimate of drug-likeness (QED) is 0.542. The van der Waals surface area contributed by atoms with E-state index >= 15 is 0 Å². The normalized spacial score (nSPS) is 12.0. The lowest BCUT2D eigenvalue weighted by molar-refractivity contribution is -0.122. The molecule has 28 heavy (non-hydrogen) atoms. The van der Waals surface area contributed by atoms with Gasteiger partial charge >= 0.3 is 0 Å². The highest BCUT2D eigenvalue weighted by atomic mass is 16.2. The number of imidazole rings is 1. The van der Waals surface area contributed by atoms with Crippen molar-refractivity contribution in [3.63, 3.8) is 0 Å². The van der Waals surface area contributed by atoms with E-state index in [1.54, 1.807) is 30.6 Å². The predicted octanol–water partition coefficient (Wildman–Crippen LogP) is 2.22. The summed E-state index contributed by atoms with van der Waals surface area (Å²) in [5.74, 6) is 0.512. The second-order valence-electron chi connectivity index (χ2n) is 6.47. The summed E-state index contributed by atoms with van der Waals surface area (Å²) in [5, 5.41) is 3.50. The summed E-state index contributed by atoms with van der Waals surface area (Å²) in [4.78, 5) is 36.9. The molecule has 0 radical (unpaired) electrons. The van der Waals surface area contributed by atoms with E-state index in [4.69, 9.17) is 0 Å². The predicted molar refractivity (Wildman–Crippen MR) is 106 cm³/mol. The number of rotatable bonds is 6. The Bertz CT molecular complexity index is 1140. The number of H-pyrrole nitrogens is 1. The van der Waals surface area contributed by atoms with E-state index in [2.05, 4.69) is 20.3 Å². The van der Waals surface area contributed by atoms with Gasteiger partial charge in [0.1, 0.15) is 12.4 Å². The fourth-order valence-corrected chi connectivity index (χ4v) is 3.15. The zero-order chi connectivity index (χ0) is 19.3. The van der Waals surface area contributed by atoms with Gasteiger partial charge in [0.2, 0.25) is 5.91 Å². The molecule has 1 amide bonds. The number of carbonyl (C=O) groups is 1. The van der Waals surface area contributed by atoms with Gasteiger partial charge in [-0.2, -0.15) is 0 Å². The van der Waals surface area contributed by atoms with Gasteiger partial charge in [-0.15, -0.1) is 0 Å². The molecule has 140 valence electrons. The average molecular weight is 373 g/mol. The molecule has 0 aliphatic heterocycles. The van der Waals surface area contributed by atoms with Crippen LogP contribution in [-0.4, -0.2) is 25.4 Å². The van der Waals surface area contributed by atoms with Crippen molar-refractivity contribution in [1.29, 1.82) is 0 Å². The molecular formula is C21H19N5O2. The monoisotopic (exact) mass is 373 g/mol. The van der Waals surface area contributed by atoms with Crippen LogP contribution in [0.25, 0.3) is 10.9 Å². The summed E-state index contributed by atoms with van der Waals surface area (Å²) in [6, 6.07) is 16.5. The standard InChI is InChI=1S/C21H19N5O2/c27-20(13-26-14-24-17-9-5-4-8-16(17)21(26)28)25-18(12-19-22-10-11-23-19)15-6-2-1-3-7-15/h1-11,14,18H,12-13H2,(H,22,23)(H,25,27)/t18-/m1/s1. The van der Waals surface area contributed by atoms with Crippen LogP contribution in [0.3, 0.4) is 0 Å². The number of nitrogens with one attached hydrogen (secondary N) is 2. The van der Waals surface area contributed by atoms with Crippen molar-refractivity contribution >= 4 is 16.8 Å². The number of para-hydroxylation sites is 1. The number of amides is 1. The van der Waals surface area contributed by atoms with Crippen LogP contribution in [-0.2, 0) is 17.8 Å². The average Bonchev–Trinajstić information content (AvgIpc) is 3.24. The second kappa shape index (κ2) is 7.87. The summed E-state index contributed by atoms with van der Waals surface area (Å²) < 4.78 is 1.33. The van der Waals surface area contributed by atoms with E-state index in [9.17, 15) is 9.59 Å². The van der Waals surface area contributed by atoms with Gasteiger partial charge in [0.25, 0.3) is 5.56 Å². The van der Waals surface area contributed by atoms with Gasteiger partial charge in [-0.05, 0) is 17.7 Å². The highest BCUT2D eigenvalue weighted by molar-refractivity contribution is 5.79. The van der Waals surface area contributed by atoms with Crippen LogP contribution in [0.15, 0.2) is 78.1 Å². The first kappa shape index (κ1) is 17.7. The SMILES string of the molecule is O=C(Cn1cnc2ccccc2c1=O)N[C@H](Cc1ncc[nH]1)c1ccccc1. The van der Waals surface area contributed by atoms with Gasteiger partial charge < -0.3 is 10.3 Å². The Kier molecular flexibility index (Phi) is 4.97. The Morgan fingerprint density at radius 2 is 1.86 bits per heavy atom. The molecule has 1 atom stereocenters. The third kappa shape index (κ3) is 3.83. The van der Waals surface area contributed by atoms with Crippen molar-refractivity contribution in [2.45, 2.75) is 19.0 Å². The van der Waals surface area contributed by atoms with Crippen molar-refractivity contribution in [3.8, 4) is 0 Å². The molecule has 0 bridgehead atoms. The van der Waals surface area contributed by atoms with Crippen molar-refractivity contribution in [3.05, 3.63) is 95.1 Å². The minimum atomic E-state index is -0.264. The molecule has 0 saturated heterocycles. The van der Waals surface area contributed by atoms with Gasteiger partial charge in [-0.1, -0.05) is 42.5 Å². The highest BCUT2D eigenvalue weighted by Crippen LogP contribution is 2.16. The molecule has 7 nitrogen and oxygen atoms in total. The maximum Gasteiger partial charge on any atom is 0.261 e.